The first-order valence-electron chi connectivity index (χ1n) is 7.25. The summed E-state index contributed by atoms with van der Waals surface area (Å²) in [6.07, 6.45) is 2.59. The van der Waals surface area contributed by atoms with Crippen LogP contribution >= 0.6 is 0 Å². The lowest BCUT2D eigenvalue weighted by molar-refractivity contribution is -0.138. The maximum Gasteiger partial charge on any atom is 0.305 e. The zero-order valence-corrected chi connectivity index (χ0v) is 14.0. The van der Waals surface area contributed by atoms with E-state index >= 15 is 0 Å². The third-order valence-corrected chi connectivity index (χ3v) is 4.52. The zero-order valence-electron chi connectivity index (χ0n) is 13.2. The average molecular weight is 325 g/mol. The van der Waals surface area contributed by atoms with Crippen molar-refractivity contribution >= 4 is 22.7 Å². The highest BCUT2D eigenvalue weighted by atomic mass is 32.2. The molecule has 122 valence electrons. The fraction of sp³-hybridized carbons (Fsp3) is 0.500. The van der Waals surface area contributed by atoms with Crippen molar-refractivity contribution in [2.24, 2.45) is 0 Å². The summed E-state index contributed by atoms with van der Waals surface area (Å²) in [7, 11) is -0.978. The van der Waals surface area contributed by atoms with Gasteiger partial charge in [0, 0.05) is 28.4 Å². The van der Waals surface area contributed by atoms with Crippen LogP contribution in [0.4, 0.5) is 0 Å². The monoisotopic (exact) mass is 325 g/mol. The molecule has 1 aromatic carbocycles. The molecule has 22 heavy (non-hydrogen) atoms. The number of aliphatic carboxylic acids is 1. The van der Waals surface area contributed by atoms with Crippen molar-refractivity contribution in [1.29, 1.82) is 0 Å². The minimum atomic E-state index is -0.978. The Balaban J connectivity index is 2.94. The first-order valence-corrected chi connectivity index (χ1v) is 8.98. The number of hydrogen-bond acceptors (Lipinski definition) is 3. The molecule has 0 bridgehead atoms. The molecule has 1 atom stereocenters. The van der Waals surface area contributed by atoms with Crippen LogP contribution in [0.25, 0.3) is 0 Å². The van der Waals surface area contributed by atoms with E-state index in [-0.39, 0.29) is 12.3 Å². The van der Waals surface area contributed by atoms with Crippen LogP contribution < -0.4 is 5.32 Å². The van der Waals surface area contributed by atoms with Crippen LogP contribution in [0.3, 0.4) is 0 Å². The van der Waals surface area contributed by atoms with Gasteiger partial charge in [0.25, 0.3) is 5.91 Å². The number of rotatable bonds is 8. The highest BCUT2D eigenvalue weighted by molar-refractivity contribution is 7.83. The summed E-state index contributed by atoms with van der Waals surface area (Å²) in [4.78, 5) is 23.5. The standard InChI is InChI=1S/C16H23NO4S/c1-4-16(5-2,10-14(18)19)17-15(20)13-8-6-7-12(9-13)11-22(3)21/h6-9H,4-5,10-11H2,1-3H3,(H,17,20)(H,18,19). The number of carboxylic acid groups (broad SMARTS) is 1. The number of amides is 1. The molecule has 5 nitrogen and oxygen atoms in total. The highest BCUT2D eigenvalue weighted by Crippen LogP contribution is 2.21. The lowest BCUT2D eigenvalue weighted by Crippen LogP contribution is -2.49. The van der Waals surface area contributed by atoms with Gasteiger partial charge in [-0.05, 0) is 30.5 Å². The third-order valence-electron chi connectivity index (χ3n) is 3.78. The lowest BCUT2D eigenvalue weighted by Gasteiger charge is -2.31. The van der Waals surface area contributed by atoms with Crippen molar-refractivity contribution in [2.45, 2.75) is 44.4 Å². The van der Waals surface area contributed by atoms with Gasteiger partial charge in [0.1, 0.15) is 0 Å². The summed E-state index contributed by atoms with van der Waals surface area (Å²) in [5, 5.41) is 11.9. The summed E-state index contributed by atoms with van der Waals surface area (Å²) in [6, 6.07) is 6.94. The minimum absolute atomic E-state index is 0.107. The molecule has 1 rings (SSSR count). The summed E-state index contributed by atoms with van der Waals surface area (Å²) >= 11 is 0. The molecule has 0 aliphatic rings. The van der Waals surface area contributed by atoms with Gasteiger partial charge < -0.3 is 10.4 Å². The highest BCUT2D eigenvalue weighted by Gasteiger charge is 2.31. The van der Waals surface area contributed by atoms with Gasteiger partial charge in [0.2, 0.25) is 0 Å². The molecule has 1 aromatic rings. The van der Waals surface area contributed by atoms with E-state index < -0.39 is 22.3 Å². The van der Waals surface area contributed by atoms with Crippen molar-refractivity contribution in [1.82, 2.24) is 5.32 Å². The van der Waals surface area contributed by atoms with Crippen LogP contribution in [0.5, 0.6) is 0 Å². The number of hydrogen-bond donors (Lipinski definition) is 2. The molecule has 0 saturated heterocycles. The molecule has 0 fully saturated rings. The molecular formula is C16H23NO4S. The Kier molecular flexibility index (Phi) is 6.74. The van der Waals surface area contributed by atoms with Crippen LogP contribution in [-0.4, -0.2) is 33.0 Å². The Morgan fingerprint density at radius 1 is 1.27 bits per heavy atom. The van der Waals surface area contributed by atoms with E-state index in [1.807, 2.05) is 19.9 Å². The van der Waals surface area contributed by atoms with Crippen molar-refractivity contribution in [2.75, 3.05) is 6.26 Å². The first-order chi connectivity index (χ1) is 10.3. The molecule has 0 aliphatic heterocycles. The molecule has 0 saturated carbocycles. The van der Waals surface area contributed by atoms with Gasteiger partial charge >= 0.3 is 5.97 Å². The SMILES string of the molecule is CCC(CC)(CC(=O)O)NC(=O)c1cccc(CS(C)=O)c1. The van der Waals surface area contributed by atoms with E-state index in [9.17, 15) is 13.8 Å². The Bertz CT molecular complexity index is 567. The van der Waals surface area contributed by atoms with E-state index in [0.717, 1.165) is 5.56 Å². The van der Waals surface area contributed by atoms with Gasteiger partial charge in [0.05, 0.1) is 12.0 Å². The lowest BCUT2D eigenvalue weighted by atomic mass is 9.88. The quantitative estimate of drug-likeness (QED) is 0.768. The molecule has 1 amide bonds. The summed E-state index contributed by atoms with van der Waals surface area (Å²) in [6.45, 7) is 3.73. The molecule has 0 radical (unpaired) electrons. The normalized spacial score (nSPS) is 12.7. The smallest absolute Gasteiger partial charge is 0.305 e. The molecule has 2 N–H and O–H groups in total. The second kappa shape index (κ2) is 8.08. The Hall–Kier alpha value is -1.69. The van der Waals surface area contributed by atoms with Gasteiger partial charge in [-0.15, -0.1) is 0 Å². The van der Waals surface area contributed by atoms with Crippen LogP contribution in [0, 0.1) is 0 Å². The molecule has 0 aromatic heterocycles. The Labute approximate surface area is 133 Å². The van der Waals surface area contributed by atoms with Crippen LogP contribution in [0.1, 0.15) is 49.0 Å². The summed E-state index contributed by atoms with van der Waals surface area (Å²) in [5.74, 6) is -0.837. The molecular weight excluding hydrogens is 302 g/mol. The Morgan fingerprint density at radius 2 is 1.91 bits per heavy atom. The topological polar surface area (TPSA) is 83.5 Å². The molecule has 1 unspecified atom stereocenters. The molecule has 0 aliphatic carbocycles. The maximum atomic E-state index is 12.4. The number of carboxylic acids is 1. The zero-order chi connectivity index (χ0) is 16.8. The van der Waals surface area contributed by atoms with E-state index in [2.05, 4.69) is 5.32 Å². The third kappa shape index (κ3) is 5.26. The maximum absolute atomic E-state index is 12.4. The first kappa shape index (κ1) is 18.4. The summed E-state index contributed by atoms with van der Waals surface area (Å²) < 4.78 is 11.3. The van der Waals surface area contributed by atoms with Gasteiger partial charge in [-0.25, -0.2) is 0 Å². The predicted molar refractivity (Wildman–Crippen MR) is 87.2 cm³/mol. The van der Waals surface area contributed by atoms with Crippen molar-refractivity contribution < 1.29 is 18.9 Å². The van der Waals surface area contributed by atoms with Crippen LogP contribution in [0.2, 0.25) is 0 Å². The van der Waals surface area contributed by atoms with E-state index in [4.69, 9.17) is 5.11 Å². The second-order valence-corrected chi connectivity index (χ2v) is 6.87. The van der Waals surface area contributed by atoms with Gasteiger partial charge in [-0.1, -0.05) is 26.0 Å². The number of carbonyl (C=O) groups excluding carboxylic acids is 1. The van der Waals surface area contributed by atoms with Gasteiger partial charge in [-0.3, -0.25) is 13.8 Å². The number of benzene rings is 1. The van der Waals surface area contributed by atoms with Gasteiger partial charge in [0.15, 0.2) is 0 Å². The van der Waals surface area contributed by atoms with Crippen molar-refractivity contribution in [3.05, 3.63) is 35.4 Å². The molecule has 6 heteroatoms. The largest absolute Gasteiger partial charge is 0.481 e. The fourth-order valence-electron chi connectivity index (χ4n) is 2.36. The van der Waals surface area contributed by atoms with Crippen LogP contribution in [-0.2, 0) is 21.3 Å². The second-order valence-electron chi connectivity index (χ2n) is 5.43. The van der Waals surface area contributed by atoms with E-state index in [0.29, 0.717) is 24.2 Å². The van der Waals surface area contributed by atoms with Crippen LogP contribution in [0.15, 0.2) is 24.3 Å². The Morgan fingerprint density at radius 3 is 2.41 bits per heavy atom. The van der Waals surface area contributed by atoms with Gasteiger partial charge in [-0.2, -0.15) is 0 Å². The summed E-state index contributed by atoms with van der Waals surface area (Å²) in [5.41, 5.74) is 0.539. The molecule has 0 heterocycles. The van der Waals surface area contributed by atoms with E-state index in [1.165, 1.54) is 0 Å². The fourth-order valence-corrected chi connectivity index (χ4v) is 3.01. The number of carbonyl (C=O) groups is 2. The van der Waals surface area contributed by atoms with E-state index in [1.54, 1.807) is 24.5 Å². The average Bonchev–Trinajstić information content (AvgIpc) is 2.45. The van der Waals surface area contributed by atoms with Crippen molar-refractivity contribution in [3.8, 4) is 0 Å². The molecule has 0 spiro atoms. The minimum Gasteiger partial charge on any atom is -0.481 e. The predicted octanol–water partition coefficient (Wildman–Crippen LogP) is 2.33. The van der Waals surface area contributed by atoms with Crippen molar-refractivity contribution in [3.63, 3.8) is 0 Å². The number of nitrogens with one attached hydrogen (secondary N) is 1.